The lowest BCUT2D eigenvalue weighted by atomic mass is 10.1. The molecule has 0 aliphatic rings. The highest BCUT2D eigenvalue weighted by Gasteiger charge is 2.13. The van der Waals surface area contributed by atoms with Gasteiger partial charge in [-0.05, 0) is 30.5 Å². The largest absolute Gasteiger partial charge is 0.481 e. The summed E-state index contributed by atoms with van der Waals surface area (Å²) in [6, 6.07) is 8.11. The number of rotatable bonds is 6. The molecule has 1 atom stereocenters. The van der Waals surface area contributed by atoms with Gasteiger partial charge in [0.25, 0.3) is 0 Å². The van der Waals surface area contributed by atoms with Crippen LogP contribution in [0.1, 0.15) is 25.8 Å². The van der Waals surface area contributed by atoms with Crippen LogP contribution in [0.4, 0.5) is 5.69 Å². The van der Waals surface area contributed by atoms with E-state index in [0.29, 0.717) is 13.0 Å². The number of hydrogen-bond donors (Lipinski definition) is 2. The van der Waals surface area contributed by atoms with E-state index in [4.69, 9.17) is 5.11 Å². The van der Waals surface area contributed by atoms with Crippen LogP contribution in [-0.2, 0) is 11.2 Å². The van der Waals surface area contributed by atoms with Crippen molar-refractivity contribution >= 4 is 11.7 Å². The summed E-state index contributed by atoms with van der Waals surface area (Å²) in [5.41, 5.74) is 2.27. The predicted molar refractivity (Wildman–Crippen MR) is 65.7 cm³/mol. The molecule has 0 saturated carbocycles. The minimum absolute atomic E-state index is 0.314. The fourth-order valence-corrected chi connectivity index (χ4v) is 1.51. The number of carboxylic acids is 1. The zero-order valence-corrected chi connectivity index (χ0v) is 9.86. The highest BCUT2D eigenvalue weighted by Crippen LogP contribution is 2.11. The van der Waals surface area contributed by atoms with E-state index in [1.54, 1.807) is 0 Å². The molecule has 0 saturated heterocycles. The molecule has 1 unspecified atom stereocenters. The Kier molecular flexibility index (Phi) is 4.83. The number of carbonyl (C=O) groups is 1. The number of hydrogen-bond acceptors (Lipinski definition) is 2. The van der Waals surface area contributed by atoms with E-state index < -0.39 is 5.97 Å². The Morgan fingerprint density at radius 2 is 1.94 bits per heavy atom. The van der Waals surface area contributed by atoms with Crippen LogP contribution >= 0.6 is 0 Å². The third-order valence-electron chi connectivity index (χ3n) is 2.76. The lowest BCUT2D eigenvalue weighted by Crippen LogP contribution is -2.21. The van der Waals surface area contributed by atoms with E-state index in [0.717, 1.165) is 12.1 Å². The van der Waals surface area contributed by atoms with Crippen molar-refractivity contribution in [3.63, 3.8) is 0 Å². The maximum atomic E-state index is 10.8. The van der Waals surface area contributed by atoms with Gasteiger partial charge in [0.2, 0.25) is 0 Å². The number of carboxylic acid groups (broad SMARTS) is 1. The second kappa shape index (κ2) is 6.16. The summed E-state index contributed by atoms with van der Waals surface area (Å²) in [6.07, 6.45) is 1.67. The highest BCUT2D eigenvalue weighted by molar-refractivity contribution is 5.70. The van der Waals surface area contributed by atoms with Crippen molar-refractivity contribution < 1.29 is 9.90 Å². The van der Waals surface area contributed by atoms with E-state index in [1.807, 2.05) is 19.1 Å². The maximum Gasteiger partial charge on any atom is 0.308 e. The molecule has 0 radical (unpaired) electrons. The van der Waals surface area contributed by atoms with Crippen molar-refractivity contribution in [3.05, 3.63) is 29.8 Å². The molecule has 0 bridgehead atoms. The molecule has 0 fully saturated rings. The van der Waals surface area contributed by atoms with Gasteiger partial charge in [-0.2, -0.15) is 0 Å². The van der Waals surface area contributed by atoms with Gasteiger partial charge in [0, 0.05) is 12.2 Å². The smallest absolute Gasteiger partial charge is 0.308 e. The minimum Gasteiger partial charge on any atom is -0.481 e. The Morgan fingerprint density at radius 3 is 2.38 bits per heavy atom. The molecular formula is C13H19NO2. The van der Waals surface area contributed by atoms with Crippen molar-refractivity contribution in [2.45, 2.75) is 26.7 Å². The van der Waals surface area contributed by atoms with E-state index >= 15 is 0 Å². The summed E-state index contributed by atoms with van der Waals surface area (Å²) in [5, 5.41) is 12.0. The third kappa shape index (κ3) is 3.57. The highest BCUT2D eigenvalue weighted by atomic mass is 16.4. The zero-order chi connectivity index (χ0) is 12.0. The molecule has 1 aromatic carbocycles. The molecule has 2 N–H and O–H groups in total. The number of aryl methyl sites for hydroxylation is 1. The van der Waals surface area contributed by atoms with Crippen molar-refractivity contribution in [1.29, 1.82) is 0 Å². The number of anilines is 1. The molecule has 0 amide bonds. The average molecular weight is 221 g/mol. The fourth-order valence-electron chi connectivity index (χ4n) is 1.51. The SMILES string of the molecule is CCc1ccc(NCC(CC)C(=O)O)cc1. The van der Waals surface area contributed by atoms with E-state index in [-0.39, 0.29) is 5.92 Å². The van der Waals surface area contributed by atoms with Crippen molar-refractivity contribution in [3.8, 4) is 0 Å². The van der Waals surface area contributed by atoms with Crippen LogP contribution in [-0.4, -0.2) is 17.6 Å². The average Bonchev–Trinajstić information content (AvgIpc) is 2.30. The van der Waals surface area contributed by atoms with Crippen LogP contribution in [0, 0.1) is 5.92 Å². The minimum atomic E-state index is -0.736. The Balaban J connectivity index is 2.50. The second-order valence-corrected chi connectivity index (χ2v) is 3.87. The number of benzene rings is 1. The Hall–Kier alpha value is -1.51. The first kappa shape index (κ1) is 12.6. The van der Waals surface area contributed by atoms with Crippen LogP contribution in [0.25, 0.3) is 0 Å². The lowest BCUT2D eigenvalue weighted by Gasteiger charge is -2.12. The monoisotopic (exact) mass is 221 g/mol. The van der Waals surface area contributed by atoms with E-state index in [2.05, 4.69) is 24.4 Å². The van der Waals surface area contributed by atoms with Gasteiger partial charge < -0.3 is 10.4 Å². The summed E-state index contributed by atoms with van der Waals surface area (Å²) in [6.45, 7) is 4.48. The molecule has 3 nitrogen and oxygen atoms in total. The first-order valence-electron chi connectivity index (χ1n) is 5.73. The molecule has 88 valence electrons. The van der Waals surface area contributed by atoms with Crippen LogP contribution in [0.15, 0.2) is 24.3 Å². The molecule has 16 heavy (non-hydrogen) atoms. The molecular weight excluding hydrogens is 202 g/mol. The quantitative estimate of drug-likeness (QED) is 0.776. The van der Waals surface area contributed by atoms with Crippen LogP contribution in [0.5, 0.6) is 0 Å². The molecule has 0 spiro atoms. The van der Waals surface area contributed by atoms with E-state index in [1.165, 1.54) is 5.56 Å². The topological polar surface area (TPSA) is 49.3 Å². The third-order valence-corrected chi connectivity index (χ3v) is 2.76. The maximum absolute atomic E-state index is 10.8. The van der Waals surface area contributed by atoms with Crippen molar-refractivity contribution in [2.24, 2.45) is 5.92 Å². The predicted octanol–water partition coefficient (Wildman–Crippen LogP) is 2.77. The molecule has 0 aliphatic heterocycles. The summed E-state index contributed by atoms with van der Waals surface area (Å²) in [4.78, 5) is 10.8. The summed E-state index contributed by atoms with van der Waals surface area (Å²) < 4.78 is 0. The first-order valence-corrected chi connectivity index (χ1v) is 5.73. The van der Waals surface area contributed by atoms with Gasteiger partial charge in [-0.25, -0.2) is 0 Å². The van der Waals surface area contributed by atoms with Gasteiger partial charge >= 0.3 is 5.97 Å². The molecule has 0 heterocycles. The van der Waals surface area contributed by atoms with Gasteiger partial charge in [-0.3, -0.25) is 4.79 Å². The molecule has 1 rings (SSSR count). The summed E-state index contributed by atoms with van der Waals surface area (Å²) in [7, 11) is 0. The lowest BCUT2D eigenvalue weighted by molar-refractivity contribution is -0.141. The Morgan fingerprint density at radius 1 is 1.31 bits per heavy atom. The van der Waals surface area contributed by atoms with Gasteiger partial charge in [-0.15, -0.1) is 0 Å². The summed E-state index contributed by atoms with van der Waals surface area (Å²) in [5.74, 6) is -1.05. The molecule has 1 aromatic rings. The number of aliphatic carboxylic acids is 1. The number of nitrogens with one attached hydrogen (secondary N) is 1. The van der Waals surface area contributed by atoms with E-state index in [9.17, 15) is 4.79 Å². The van der Waals surface area contributed by atoms with Crippen LogP contribution in [0.3, 0.4) is 0 Å². The molecule has 3 heteroatoms. The van der Waals surface area contributed by atoms with Crippen LogP contribution < -0.4 is 5.32 Å². The van der Waals surface area contributed by atoms with Gasteiger partial charge in [0.15, 0.2) is 0 Å². The second-order valence-electron chi connectivity index (χ2n) is 3.87. The Bertz CT molecular complexity index is 332. The normalized spacial score (nSPS) is 12.1. The van der Waals surface area contributed by atoms with Crippen molar-refractivity contribution in [1.82, 2.24) is 0 Å². The van der Waals surface area contributed by atoms with Gasteiger partial charge in [-0.1, -0.05) is 26.0 Å². The van der Waals surface area contributed by atoms with Gasteiger partial charge in [0.1, 0.15) is 0 Å². The van der Waals surface area contributed by atoms with Gasteiger partial charge in [0.05, 0.1) is 5.92 Å². The zero-order valence-electron chi connectivity index (χ0n) is 9.86. The Labute approximate surface area is 96.5 Å². The standard InChI is InChI=1S/C13H19NO2/c1-3-10-5-7-12(8-6-10)14-9-11(4-2)13(15)16/h5-8,11,14H,3-4,9H2,1-2H3,(H,15,16). The fraction of sp³-hybridized carbons (Fsp3) is 0.462. The molecule has 0 aliphatic carbocycles. The summed E-state index contributed by atoms with van der Waals surface area (Å²) >= 11 is 0. The van der Waals surface area contributed by atoms with Crippen LogP contribution in [0.2, 0.25) is 0 Å². The molecule has 0 aromatic heterocycles. The van der Waals surface area contributed by atoms with Crippen molar-refractivity contribution in [2.75, 3.05) is 11.9 Å². The first-order chi connectivity index (χ1) is 7.67.